The van der Waals surface area contributed by atoms with Gasteiger partial charge in [0.15, 0.2) is 11.5 Å². The lowest BCUT2D eigenvalue weighted by Crippen LogP contribution is -2.15. The Morgan fingerprint density at radius 2 is 1.70 bits per heavy atom. The Labute approximate surface area is 116 Å². The van der Waals surface area contributed by atoms with E-state index in [-0.39, 0.29) is 0 Å². The molecule has 2 heterocycles. The highest BCUT2D eigenvalue weighted by Gasteiger charge is 2.17. The van der Waals surface area contributed by atoms with E-state index in [2.05, 4.69) is 12.0 Å². The second-order valence-electron chi connectivity index (χ2n) is 4.85. The first-order chi connectivity index (χ1) is 9.83. The maximum Gasteiger partial charge on any atom is 0.163 e. The van der Waals surface area contributed by atoms with Crippen molar-refractivity contribution in [2.75, 3.05) is 13.2 Å². The van der Waals surface area contributed by atoms with Gasteiger partial charge in [0, 0.05) is 17.1 Å². The van der Waals surface area contributed by atoms with Crippen molar-refractivity contribution < 1.29 is 9.47 Å². The molecule has 20 heavy (non-hydrogen) atoms. The smallest absolute Gasteiger partial charge is 0.163 e. The molecule has 1 aromatic heterocycles. The highest BCUT2D eigenvalue weighted by Crippen LogP contribution is 2.35. The van der Waals surface area contributed by atoms with Crippen molar-refractivity contribution in [1.29, 1.82) is 0 Å². The van der Waals surface area contributed by atoms with Crippen LogP contribution in [0, 0.1) is 6.92 Å². The van der Waals surface area contributed by atoms with Gasteiger partial charge in [-0.3, -0.25) is 0 Å². The van der Waals surface area contributed by atoms with E-state index in [1.165, 1.54) is 0 Å². The van der Waals surface area contributed by atoms with Gasteiger partial charge in [-0.1, -0.05) is 18.2 Å². The van der Waals surface area contributed by atoms with Crippen molar-refractivity contribution in [3.63, 3.8) is 0 Å². The molecule has 0 amide bonds. The molecule has 0 atom stereocenters. The molecule has 0 saturated heterocycles. The summed E-state index contributed by atoms with van der Waals surface area (Å²) in [5.41, 5.74) is 3.08. The summed E-state index contributed by atoms with van der Waals surface area (Å²) in [5, 5.41) is 5.77. The molecule has 0 aliphatic carbocycles. The molecule has 3 aromatic rings. The van der Waals surface area contributed by atoms with Crippen molar-refractivity contribution in [2.45, 2.75) is 6.92 Å². The van der Waals surface area contributed by atoms with E-state index in [0.29, 0.717) is 13.2 Å². The van der Waals surface area contributed by atoms with Gasteiger partial charge >= 0.3 is 0 Å². The van der Waals surface area contributed by atoms with E-state index in [4.69, 9.17) is 9.47 Å². The highest BCUT2D eigenvalue weighted by atomic mass is 16.6. The lowest BCUT2D eigenvalue weighted by Gasteiger charge is -2.17. The number of fused-ring (bicyclic) bond motifs is 2. The Morgan fingerprint density at radius 3 is 2.45 bits per heavy atom. The topological polar surface area (TPSA) is 36.3 Å². The molecule has 0 unspecified atom stereocenters. The summed E-state index contributed by atoms with van der Waals surface area (Å²) in [7, 11) is 0. The maximum absolute atomic E-state index is 5.64. The van der Waals surface area contributed by atoms with E-state index in [1.807, 2.05) is 47.1 Å². The summed E-state index contributed by atoms with van der Waals surface area (Å²) < 4.78 is 13.2. The molecular weight excluding hydrogens is 252 g/mol. The first kappa shape index (κ1) is 11.3. The molecule has 1 aliphatic rings. The third-order valence-corrected chi connectivity index (χ3v) is 3.58. The molecule has 1 aliphatic heterocycles. The second kappa shape index (κ2) is 4.27. The zero-order valence-electron chi connectivity index (χ0n) is 11.2. The number of para-hydroxylation sites is 1. The van der Waals surface area contributed by atoms with E-state index in [0.717, 1.165) is 33.8 Å². The lowest BCUT2D eigenvalue weighted by molar-refractivity contribution is 0.172. The van der Waals surface area contributed by atoms with Gasteiger partial charge in [-0.05, 0) is 25.1 Å². The molecule has 4 rings (SSSR count). The van der Waals surface area contributed by atoms with Gasteiger partial charge in [0.2, 0.25) is 0 Å². The van der Waals surface area contributed by atoms with Gasteiger partial charge in [-0.25, -0.2) is 4.68 Å². The summed E-state index contributed by atoms with van der Waals surface area (Å²) in [6.45, 7) is 3.26. The number of rotatable bonds is 1. The van der Waals surface area contributed by atoms with Crippen LogP contribution in [-0.4, -0.2) is 23.0 Å². The standard InChI is InChI=1S/C16H14N2O2/c1-11-13-9-15-16(20-8-7-19-15)10-14(13)17-18(11)12-5-3-2-4-6-12/h2-6,9-10H,7-8H2,1H3. The predicted molar refractivity (Wildman–Crippen MR) is 76.8 cm³/mol. The number of nitrogens with zero attached hydrogens (tertiary/aromatic N) is 2. The van der Waals surface area contributed by atoms with Gasteiger partial charge in [-0.2, -0.15) is 5.10 Å². The van der Waals surface area contributed by atoms with Gasteiger partial charge in [0.25, 0.3) is 0 Å². The van der Waals surface area contributed by atoms with E-state index in [1.54, 1.807) is 0 Å². The second-order valence-corrected chi connectivity index (χ2v) is 4.85. The quantitative estimate of drug-likeness (QED) is 0.679. The van der Waals surface area contributed by atoms with Crippen LogP contribution in [0.15, 0.2) is 42.5 Å². The van der Waals surface area contributed by atoms with Crippen LogP contribution in [0.25, 0.3) is 16.6 Å². The minimum absolute atomic E-state index is 0.594. The average molecular weight is 266 g/mol. The largest absolute Gasteiger partial charge is 0.486 e. The third kappa shape index (κ3) is 1.65. The molecule has 0 radical (unpaired) electrons. The number of benzene rings is 2. The fourth-order valence-electron chi connectivity index (χ4n) is 2.57. The minimum atomic E-state index is 0.594. The van der Waals surface area contributed by atoms with Crippen LogP contribution in [0.1, 0.15) is 5.69 Å². The van der Waals surface area contributed by atoms with Crippen LogP contribution in [0.2, 0.25) is 0 Å². The summed E-state index contributed by atoms with van der Waals surface area (Å²) in [5.74, 6) is 1.58. The minimum Gasteiger partial charge on any atom is -0.486 e. The van der Waals surface area contributed by atoms with Crippen molar-refractivity contribution >= 4 is 10.9 Å². The van der Waals surface area contributed by atoms with E-state index >= 15 is 0 Å². The molecule has 100 valence electrons. The monoisotopic (exact) mass is 266 g/mol. The van der Waals surface area contributed by atoms with Gasteiger partial charge in [-0.15, -0.1) is 0 Å². The molecule has 4 heteroatoms. The number of hydrogen-bond acceptors (Lipinski definition) is 3. The summed E-state index contributed by atoms with van der Waals surface area (Å²) in [6.07, 6.45) is 0. The highest BCUT2D eigenvalue weighted by molar-refractivity contribution is 5.85. The Bertz CT molecular complexity index is 778. The van der Waals surface area contributed by atoms with Crippen molar-refractivity contribution in [3.8, 4) is 17.2 Å². The molecule has 0 fully saturated rings. The SMILES string of the molecule is Cc1c2cc3c(cc2nn1-c1ccccc1)OCCO3. The number of aryl methyl sites for hydroxylation is 1. The van der Waals surface area contributed by atoms with E-state index < -0.39 is 0 Å². The zero-order valence-corrected chi connectivity index (χ0v) is 11.2. The maximum atomic E-state index is 5.64. The molecular formula is C16H14N2O2. The number of ether oxygens (including phenoxy) is 2. The number of hydrogen-bond donors (Lipinski definition) is 0. The molecule has 2 aromatic carbocycles. The first-order valence-corrected chi connectivity index (χ1v) is 6.67. The first-order valence-electron chi connectivity index (χ1n) is 6.67. The molecule has 0 saturated carbocycles. The number of aromatic nitrogens is 2. The van der Waals surface area contributed by atoms with Crippen LogP contribution in [-0.2, 0) is 0 Å². The van der Waals surface area contributed by atoms with E-state index in [9.17, 15) is 0 Å². The van der Waals surface area contributed by atoms with Crippen LogP contribution >= 0.6 is 0 Å². The predicted octanol–water partition coefficient (Wildman–Crippen LogP) is 3.11. The molecule has 0 bridgehead atoms. The van der Waals surface area contributed by atoms with Crippen LogP contribution < -0.4 is 9.47 Å². The fourth-order valence-corrected chi connectivity index (χ4v) is 2.57. The Morgan fingerprint density at radius 1 is 1.00 bits per heavy atom. The average Bonchev–Trinajstić information content (AvgIpc) is 2.83. The molecule has 4 nitrogen and oxygen atoms in total. The van der Waals surface area contributed by atoms with Gasteiger partial charge in [0.1, 0.15) is 13.2 Å². The Kier molecular flexibility index (Phi) is 2.42. The summed E-state index contributed by atoms with van der Waals surface area (Å²) in [6, 6.07) is 14.1. The van der Waals surface area contributed by atoms with Crippen molar-refractivity contribution in [1.82, 2.24) is 9.78 Å². The Hall–Kier alpha value is -2.49. The molecule has 0 spiro atoms. The Balaban J connectivity index is 1.94. The fraction of sp³-hybridized carbons (Fsp3) is 0.188. The van der Waals surface area contributed by atoms with Crippen LogP contribution in [0.5, 0.6) is 11.5 Å². The lowest BCUT2D eigenvalue weighted by atomic mass is 10.2. The summed E-state index contributed by atoms with van der Waals surface area (Å²) in [4.78, 5) is 0. The normalized spacial score (nSPS) is 13.7. The molecule has 0 N–H and O–H groups in total. The van der Waals surface area contributed by atoms with Crippen molar-refractivity contribution in [3.05, 3.63) is 48.2 Å². The third-order valence-electron chi connectivity index (χ3n) is 3.58. The zero-order chi connectivity index (χ0) is 13.5. The van der Waals surface area contributed by atoms with Crippen LogP contribution in [0.4, 0.5) is 0 Å². The van der Waals surface area contributed by atoms with Gasteiger partial charge < -0.3 is 9.47 Å². The van der Waals surface area contributed by atoms with Crippen LogP contribution in [0.3, 0.4) is 0 Å². The van der Waals surface area contributed by atoms with Gasteiger partial charge in [0.05, 0.1) is 11.2 Å². The van der Waals surface area contributed by atoms with Crippen molar-refractivity contribution in [2.24, 2.45) is 0 Å². The summed E-state index contributed by atoms with van der Waals surface area (Å²) >= 11 is 0.